The Morgan fingerprint density at radius 1 is 1.44 bits per heavy atom. The van der Waals surface area contributed by atoms with Gasteiger partial charge in [0.15, 0.2) is 0 Å². The highest BCUT2D eigenvalue weighted by molar-refractivity contribution is 5.85. The molecule has 1 aromatic rings. The van der Waals surface area contributed by atoms with Crippen molar-refractivity contribution >= 4 is 12.0 Å². The lowest BCUT2D eigenvalue weighted by Gasteiger charge is -2.16. The van der Waals surface area contributed by atoms with E-state index in [1.54, 1.807) is 13.1 Å². The summed E-state index contributed by atoms with van der Waals surface area (Å²) in [7, 11) is 1.57. The van der Waals surface area contributed by atoms with Gasteiger partial charge in [0.05, 0.1) is 6.61 Å². The van der Waals surface area contributed by atoms with Crippen LogP contribution in [-0.4, -0.2) is 52.3 Å². The summed E-state index contributed by atoms with van der Waals surface area (Å²) in [6.45, 7) is 0.405. The lowest BCUT2D eigenvalue weighted by molar-refractivity contribution is 0.0690. The molecule has 0 aliphatic heterocycles. The number of urea groups is 1. The predicted octanol–water partition coefficient (Wildman–Crippen LogP) is -0.0865. The number of aliphatic hydroxyl groups is 1. The van der Waals surface area contributed by atoms with Crippen LogP contribution in [0.5, 0.6) is 0 Å². The monoisotopic (exact) mass is 253 g/mol. The second kappa shape index (κ2) is 6.55. The molecule has 0 bridgehead atoms. The van der Waals surface area contributed by atoms with Crippen molar-refractivity contribution in [3.05, 3.63) is 29.6 Å². The minimum absolute atomic E-state index is 0.0394. The number of aliphatic hydroxyl groups excluding tert-OH is 1. The Balaban J connectivity index is 2.48. The maximum Gasteiger partial charge on any atom is 0.354 e. The van der Waals surface area contributed by atoms with E-state index in [1.807, 2.05) is 0 Å². The van der Waals surface area contributed by atoms with E-state index in [1.165, 1.54) is 17.2 Å². The van der Waals surface area contributed by atoms with Gasteiger partial charge in [-0.05, 0) is 11.6 Å². The molecular weight excluding hydrogens is 238 g/mol. The third-order valence-corrected chi connectivity index (χ3v) is 2.27. The number of carbonyl (C=O) groups is 2. The Bertz CT molecular complexity index is 419. The minimum Gasteiger partial charge on any atom is -0.477 e. The van der Waals surface area contributed by atoms with Crippen molar-refractivity contribution in [1.29, 1.82) is 0 Å². The molecule has 0 radical (unpaired) electrons. The number of hydrogen-bond donors (Lipinski definition) is 3. The zero-order chi connectivity index (χ0) is 13.5. The van der Waals surface area contributed by atoms with Gasteiger partial charge in [-0.25, -0.2) is 14.6 Å². The van der Waals surface area contributed by atoms with Crippen molar-refractivity contribution in [2.45, 2.75) is 6.54 Å². The quantitative estimate of drug-likeness (QED) is 0.680. The smallest absolute Gasteiger partial charge is 0.354 e. The number of nitrogens with one attached hydrogen (secondary N) is 1. The summed E-state index contributed by atoms with van der Waals surface area (Å²) < 4.78 is 0. The number of amides is 2. The summed E-state index contributed by atoms with van der Waals surface area (Å²) >= 11 is 0. The molecule has 3 N–H and O–H groups in total. The Hall–Kier alpha value is -2.15. The SMILES string of the molecule is CN(CCO)C(=O)NCc1ccc(C(=O)O)nc1. The number of nitrogens with zero attached hydrogens (tertiary/aromatic N) is 2. The normalized spacial score (nSPS) is 9.89. The van der Waals surface area contributed by atoms with Crippen LogP contribution in [0.4, 0.5) is 4.79 Å². The van der Waals surface area contributed by atoms with Crippen molar-refractivity contribution in [2.24, 2.45) is 0 Å². The van der Waals surface area contributed by atoms with Crippen LogP contribution in [0.15, 0.2) is 18.3 Å². The highest BCUT2D eigenvalue weighted by Crippen LogP contribution is 2.00. The fourth-order valence-electron chi connectivity index (χ4n) is 1.22. The van der Waals surface area contributed by atoms with E-state index in [0.29, 0.717) is 5.56 Å². The number of carbonyl (C=O) groups excluding carboxylic acids is 1. The van der Waals surface area contributed by atoms with E-state index in [4.69, 9.17) is 10.2 Å². The maximum atomic E-state index is 11.5. The summed E-state index contributed by atoms with van der Waals surface area (Å²) in [5.41, 5.74) is 0.660. The van der Waals surface area contributed by atoms with Crippen LogP contribution < -0.4 is 5.32 Å². The third-order valence-electron chi connectivity index (χ3n) is 2.27. The minimum atomic E-state index is -1.09. The molecule has 0 atom stereocenters. The molecule has 18 heavy (non-hydrogen) atoms. The summed E-state index contributed by atoms with van der Waals surface area (Å²) in [6.07, 6.45) is 1.40. The highest BCUT2D eigenvalue weighted by Gasteiger charge is 2.07. The van der Waals surface area contributed by atoms with Crippen LogP contribution in [0, 0.1) is 0 Å². The first-order valence-electron chi connectivity index (χ1n) is 5.32. The first-order valence-corrected chi connectivity index (χ1v) is 5.32. The van der Waals surface area contributed by atoms with Gasteiger partial charge < -0.3 is 20.4 Å². The Kier molecular flexibility index (Phi) is 5.06. The molecule has 0 aliphatic rings. The van der Waals surface area contributed by atoms with Crippen molar-refractivity contribution in [3.63, 3.8) is 0 Å². The number of carboxylic acids is 1. The molecule has 98 valence electrons. The lowest BCUT2D eigenvalue weighted by atomic mass is 10.2. The largest absolute Gasteiger partial charge is 0.477 e. The topological polar surface area (TPSA) is 103 Å². The van der Waals surface area contributed by atoms with E-state index in [-0.39, 0.29) is 31.4 Å². The molecule has 0 spiro atoms. The van der Waals surface area contributed by atoms with Gasteiger partial charge in [-0.1, -0.05) is 6.07 Å². The van der Waals surface area contributed by atoms with Gasteiger partial charge in [0.1, 0.15) is 5.69 Å². The van der Waals surface area contributed by atoms with Gasteiger partial charge in [0.25, 0.3) is 0 Å². The summed E-state index contributed by atoms with van der Waals surface area (Å²) in [5.74, 6) is -1.09. The predicted molar refractivity (Wildman–Crippen MR) is 63.1 cm³/mol. The van der Waals surface area contributed by atoms with Gasteiger partial charge in [-0.2, -0.15) is 0 Å². The first kappa shape index (κ1) is 13.9. The van der Waals surface area contributed by atoms with Gasteiger partial charge >= 0.3 is 12.0 Å². The fraction of sp³-hybridized carbons (Fsp3) is 0.364. The highest BCUT2D eigenvalue weighted by atomic mass is 16.4. The van der Waals surface area contributed by atoms with Gasteiger partial charge in [0, 0.05) is 26.3 Å². The number of hydrogen-bond acceptors (Lipinski definition) is 4. The maximum absolute atomic E-state index is 11.5. The molecular formula is C11H15N3O4. The number of aromatic nitrogens is 1. The molecule has 0 fully saturated rings. The van der Waals surface area contributed by atoms with Crippen LogP contribution >= 0.6 is 0 Å². The van der Waals surface area contributed by atoms with Crippen molar-refractivity contribution in [2.75, 3.05) is 20.2 Å². The number of likely N-dealkylation sites (N-methyl/N-ethyl adjacent to an activating group) is 1. The molecule has 0 aromatic carbocycles. The van der Waals surface area contributed by atoms with E-state index < -0.39 is 5.97 Å². The van der Waals surface area contributed by atoms with Crippen molar-refractivity contribution < 1.29 is 19.8 Å². The second-order valence-electron chi connectivity index (χ2n) is 3.66. The summed E-state index contributed by atoms with van der Waals surface area (Å²) in [5, 5.41) is 19.9. The van der Waals surface area contributed by atoms with Crippen LogP contribution in [0.2, 0.25) is 0 Å². The lowest BCUT2D eigenvalue weighted by Crippen LogP contribution is -2.38. The fourth-order valence-corrected chi connectivity index (χ4v) is 1.22. The van der Waals surface area contributed by atoms with E-state index in [0.717, 1.165) is 0 Å². The van der Waals surface area contributed by atoms with E-state index in [9.17, 15) is 9.59 Å². The van der Waals surface area contributed by atoms with Gasteiger partial charge in [0.2, 0.25) is 0 Å². The molecule has 2 amide bonds. The van der Waals surface area contributed by atoms with Crippen molar-refractivity contribution in [1.82, 2.24) is 15.2 Å². The van der Waals surface area contributed by atoms with Crippen LogP contribution in [0.3, 0.4) is 0 Å². The Morgan fingerprint density at radius 2 is 2.17 bits per heavy atom. The Morgan fingerprint density at radius 3 is 2.67 bits per heavy atom. The molecule has 1 rings (SSSR count). The standard InChI is InChI=1S/C11H15N3O4/c1-14(4-5-15)11(18)13-7-8-2-3-9(10(16)17)12-6-8/h2-3,6,15H,4-5,7H2,1H3,(H,13,18)(H,16,17). The second-order valence-corrected chi connectivity index (χ2v) is 3.66. The third kappa shape index (κ3) is 4.02. The number of carboxylic acid groups (broad SMARTS) is 1. The number of pyridine rings is 1. The molecule has 7 nitrogen and oxygen atoms in total. The summed E-state index contributed by atoms with van der Waals surface area (Å²) in [4.78, 5) is 27.1. The molecule has 0 aliphatic carbocycles. The molecule has 0 unspecified atom stereocenters. The Labute approximate surface area is 104 Å². The van der Waals surface area contributed by atoms with Crippen LogP contribution in [0.1, 0.15) is 16.1 Å². The molecule has 1 heterocycles. The zero-order valence-corrected chi connectivity index (χ0v) is 9.96. The molecule has 7 heteroatoms. The molecule has 0 saturated heterocycles. The average molecular weight is 253 g/mol. The van der Waals surface area contributed by atoms with Crippen LogP contribution in [-0.2, 0) is 6.54 Å². The molecule has 0 saturated carbocycles. The van der Waals surface area contributed by atoms with Crippen LogP contribution in [0.25, 0.3) is 0 Å². The average Bonchev–Trinajstić information content (AvgIpc) is 2.36. The van der Waals surface area contributed by atoms with Crippen molar-refractivity contribution in [3.8, 4) is 0 Å². The van der Waals surface area contributed by atoms with E-state index in [2.05, 4.69) is 10.3 Å². The molecule has 1 aromatic heterocycles. The zero-order valence-electron chi connectivity index (χ0n) is 9.96. The van der Waals surface area contributed by atoms with E-state index >= 15 is 0 Å². The van der Waals surface area contributed by atoms with Gasteiger partial charge in [-0.15, -0.1) is 0 Å². The number of rotatable bonds is 5. The summed E-state index contributed by atoms with van der Waals surface area (Å²) in [6, 6.07) is 2.65. The number of aromatic carboxylic acids is 1. The first-order chi connectivity index (χ1) is 8.54. The van der Waals surface area contributed by atoms with Gasteiger partial charge in [-0.3, -0.25) is 0 Å².